The fraction of sp³-hybridized carbons (Fsp3) is 0.250. The van der Waals surface area contributed by atoms with Crippen molar-refractivity contribution in [3.05, 3.63) is 64.9 Å². The lowest BCUT2D eigenvalue weighted by atomic mass is 10.0. The number of hydrogen-bond donors (Lipinski definition) is 1. The molecule has 106 valence electrons. The number of likely N-dealkylation sites (N-methyl/N-ethyl adjacent to an activating group) is 1. The van der Waals surface area contributed by atoms with Gasteiger partial charge in [0.25, 0.3) is 0 Å². The van der Waals surface area contributed by atoms with Crippen LogP contribution in [0.1, 0.15) is 18.5 Å². The Morgan fingerprint density at radius 2 is 1.90 bits per heavy atom. The Bertz CT molecular complexity index is 557. The molecule has 0 amide bonds. The van der Waals surface area contributed by atoms with E-state index in [1.165, 1.54) is 12.1 Å². The quantitative estimate of drug-likeness (QED) is 0.902. The van der Waals surface area contributed by atoms with Crippen molar-refractivity contribution in [2.75, 3.05) is 18.0 Å². The highest BCUT2D eigenvalue weighted by Crippen LogP contribution is 2.27. The van der Waals surface area contributed by atoms with Crippen molar-refractivity contribution in [3.63, 3.8) is 0 Å². The third-order valence-electron chi connectivity index (χ3n) is 3.33. The smallest absolute Gasteiger partial charge is 0.125 e. The molecule has 0 fully saturated rings. The van der Waals surface area contributed by atoms with Gasteiger partial charge in [0, 0.05) is 23.8 Å². The Labute approximate surface area is 124 Å². The summed E-state index contributed by atoms with van der Waals surface area (Å²) in [5, 5.41) is 0.693. The average Bonchev–Trinajstić information content (AvgIpc) is 2.46. The number of halogens is 2. The van der Waals surface area contributed by atoms with E-state index in [1.54, 1.807) is 6.07 Å². The van der Waals surface area contributed by atoms with Gasteiger partial charge < -0.3 is 10.6 Å². The molecule has 0 aliphatic rings. The summed E-state index contributed by atoms with van der Waals surface area (Å²) in [6.45, 7) is 3.23. The number of nitrogens with two attached hydrogens (primary N) is 1. The summed E-state index contributed by atoms with van der Waals surface area (Å²) in [7, 11) is 0. The second kappa shape index (κ2) is 6.73. The van der Waals surface area contributed by atoms with E-state index >= 15 is 0 Å². The van der Waals surface area contributed by atoms with Crippen LogP contribution >= 0.6 is 11.6 Å². The maximum Gasteiger partial charge on any atom is 0.125 e. The van der Waals surface area contributed by atoms with Crippen molar-refractivity contribution < 1.29 is 4.39 Å². The first-order chi connectivity index (χ1) is 9.65. The molecule has 20 heavy (non-hydrogen) atoms. The van der Waals surface area contributed by atoms with Crippen LogP contribution in [0.5, 0.6) is 0 Å². The van der Waals surface area contributed by atoms with Crippen LogP contribution in [-0.4, -0.2) is 13.1 Å². The van der Waals surface area contributed by atoms with Crippen molar-refractivity contribution in [2.24, 2.45) is 5.73 Å². The lowest BCUT2D eigenvalue weighted by Crippen LogP contribution is -2.33. The zero-order valence-corrected chi connectivity index (χ0v) is 12.1. The summed E-state index contributed by atoms with van der Waals surface area (Å²) >= 11 is 5.92. The van der Waals surface area contributed by atoms with Crippen molar-refractivity contribution in [1.82, 2.24) is 0 Å². The zero-order valence-electron chi connectivity index (χ0n) is 11.4. The monoisotopic (exact) mass is 292 g/mol. The number of nitrogens with zero attached hydrogens (tertiary/aromatic N) is 1. The molecule has 0 bridgehead atoms. The Kier molecular flexibility index (Phi) is 4.99. The molecule has 0 saturated carbocycles. The standard InChI is InChI=1S/C16H18ClFN2/c1-2-20(15-5-3-4-14(18)10-15)16(11-19)12-6-8-13(17)9-7-12/h3-10,16H,2,11,19H2,1H3. The van der Waals surface area contributed by atoms with Gasteiger partial charge in [-0.15, -0.1) is 0 Å². The SMILES string of the molecule is CCN(c1cccc(F)c1)C(CN)c1ccc(Cl)cc1. The summed E-state index contributed by atoms with van der Waals surface area (Å²) < 4.78 is 13.4. The fourth-order valence-electron chi connectivity index (χ4n) is 2.37. The van der Waals surface area contributed by atoms with Gasteiger partial charge in [0.05, 0.1) is 6.04 Å². The molecule has 2 rings (SSSR count). The molecule has 2 aromatic rings. The van der Waals surface area contributed by atoms with Crippen LogP contribution in [0, 0.1) is 5.82 Å². The maximum atomic E-state index is 13.4. The van der Waals surface area contributed by atoms with Crippen LogP contribution in [-0.2, 0) is 0 Å². The van der Waals surface area contributed by atoms with Gasteiger partial charge in [0.1, 0.15) is 5.82 Å². The molecule has 0 heterocycles. The molecular weight excluding hydrogens is 275 g/mol. The molecular formula is C16H18ClFN2. The van der Waals surface area contributed by atoms with E-state index in [1.807, 2.05) is 37.3 Å². The summed E-state index contributed by atoms with van der Waals surface area (Å²) in [6, 6.07) is 14.2. The van der Waals surface area contributed by atoms with Crippen LogP contribution in [0.4, 0.5) is 10.1 Å². The van der Waals surface area contributed by atoms with E-state index in [9.17, 15) is 4.39 Å². The molecule has 0 saturated heterocycles. The maximum absolute atomic E-state index is 13.4. The second-order valence-electron chi connectivity index (χ2n) is 4.57. The van der Waals surface area contributed by atoms with Gasteiger partial charge in [0.2, 0.25) is 0 Å². The van der Waals surface area contributed by atoms with Crippen molar-refractivity contribution in [2.45, 2.75) is 13.0 Å². The Morgan fingerprint density at radius 1 is 1.20 bits per heavy atom. The van der Waals surface area contributed by atoms with E-state index < -0.39 is 0 Å². The van der Waals surface area contributed by atoms with Gasteiger partial charge in [-0.1, -0.05) is 29.8 Å². The molecule has 2 aromatic carbocycles. The molecule has 4 heteroatoms. The summed E-state index contributed by atoms with van der Waals surface area (Å²) in [5.41, 5.74) is 7.83. The van der Waals surface area contributed by atoms with Gasteiger partial charge in [-0.05, 0) is 42.8 Å². The van der Waals surface area contributed by atoms with Gasteiger partial charge in [-0.25, -0.2) is 4.39 Å². The number of benzene rings is 2. The first kappa shape index (κ1) is 14.8. The minimum atomic E-state index is -0.243. The number of hydrogen-bond acceptors (Lipinski definition) is 2. The highest BCUT2D eigenvalue weighted by Gasteiger charge is 2.18. The molecule has 0 aromatic heterocycles. The second-order valence-corrected chi connectivity index (χ2v) is 5.01. The largest absolute Gasteiger partial charge is 0.363 e. The average molecular weight is 293 g/mol. The molecule has 1 atom stereocenters. The number of rotatable bonds is 5. The summed E-state index contributed by atoms with van der Waals surface area (Å²) in [6.07, 6.45) is 0. The summed E-state index contributed by atoms with van der Waals surface area (Å²) in [4.78, 5) is 2.09. The summed E-state index contributed by atoms with van der Waals surface area (Å²) in [5.74, 6) is -0.243. The Morgan fingerprint density at radius 3 is 2.45 bits per heavy atom. The van der Waals surface area contributed by atoms with E-state index in [0.29, 0.717) is 11.6 Å². The highest BCUT2D eigenvalue weighted by atomic mass is 35.5. The molecule has 0 aliphatic heterocycles. The first-order valence-electron chi connectivity index (χ1n) is 6.63. The van der Waals surface area contributed by atoms with E-state index in [4.69, 9.17) is 17.3 Å². The van der Waals surface area contributed by atoms with E-state index in [2.05, 4.69) is 4.90 Å². The van der Waals surface area contributed by atoms with Gasteiger partial charge in [0.15, 0.2) is 0 Å². The van der Waals surface area contributed by atoms with E-state index in [0.717, 1.165) is 17.8 Å². The van der Waals surface area contributed by atoms with E-state index in [-0.39, 0.29) is 11.9 Å². The molecule has 2 N–H and O–H groups in total. The lowest BCUT2D eigenvalue weighted by Gasteiger charge is -2.32. The molecule has 0 aliphatic carbocycles. The number of anilines is 1. The van der Waals surface area contributed by atoms with Crippen molar-refractivity contribution in [1.29, 1.82) is 0 Å². The lowest BCUT2D eigenvalue weighted by molar-refractivity contribution is 0.616. The molecule has 2 nitrogen and oxygen atoms in total. The van der Waals surface area contributed by atoms with Crippen LogP contribution in [0.2, 0.25) is 5.02 Å². The van der Waals surface area contributed by atoms with Crippen LogP contribution in [0.15, 0.2) is 48.5 Å². The fourth-order valence-corrected chi connectivity index (χ4v) is 2.49. The van der Waals surface area contributed by atoms with Crippen LogP contribution < -0.4 is 10.6 Å². The molecule has 1 unspecified atom stereocenters. The molecule has 0 radical (unpaired) electrons. The third-order valence-corrected chi connectivity index (χ3v) is 3.59. The zero-order chi connectivity index (χ0) is 14.5. The highest BCUT2D eigenvalue weighted by molar-refractivity contribution is 6.30. The predicted molar refractivity (Wildman–Crippen MR) is 82.7 cm³/mol. The van der Waals surface area contributed by atoms with Gasteiger partial charge in [-0.2, -0.15) is 0 Å². The van der Waals surface area contributed by atoms with Crippen molar-refractivity contribution in [3.8, 4) is 0 Å². The topological polar surface area (TPSA) is 29.3 Å². The van der Waals surface area contributed by atoms with Crippen molar-refractivity contribution >= 4 is 17.3 Å². The molecule has 0 spiro atoms. The van der Waals surface area contributed by atoms with Gasteiger partial charge >= 0.3 is 0 Å². The van der Waals surface area contributed by atoms with Crippen LogP contribution in [0.3, 0.4) is 0 Å². The first-order valence-corrected chi connectivity index (χ1v) is 7.01. The minimum absolute atomic E-state index is 0.000864. The minimum Gasteiger partial charge on any atom is -0.363 e. The van der Waals surface area contributed by atoms with Gasteiger partial charge in [-0.3, -0.25) is 0 Å². The Balaban J connectivity index is 2.34. The predicted octanol–water partition coefficient (Wildman–Crippen LogP) is 4.01. The third kappa shape index (κ3) is 3.30. The normalized spacial score (nSPS) is 12.2. The Hall–Kier alpha value is -1.58. The van der Waals surface area contributed by atoms with Crippen LogP contribution in [0.25, 0.3) is 0 Å².